The molecule has 0 aliphatic rings. The number of carboxylic acids is 1. The number of benzene rings is 3. The lowest BCUT2D eigenvalue weighted by Crippen LogP contribution is -2.14. The van der Waals surface area contributed by atoms with Crippen LogP contribution in [0.2, 0.25) is 0 Å². The molecule has 33 heavy (non-hydrogen) atoms. The minimum absolute atomic E-state index is 0.0253. The van der Waals surface area contributed by atoms with Crippen LogP contribution in [0.5, 0.6) is 0 Å². The summed E-state index contributed by atoms with van der Waals surface area (Å²) in [5.41, 5.74) is 0.795. The summed E-state index contributed by atoms with van der Waals surface area (Å²) in [6.07, 6.45) is -4.16. The van der Waals surface area contributed by atoms with Gasteiger partial charge in [0.15, 0.2) is 0 Å². The SMILES string of the molecule is CC(C)CC(C(=O)O)c1cc(Nc2ccc(F)cc2F)cc(-c2ccc(C(F)(F)F)cc2)c1. The number of hydrogen-bond donors (Lipinski definition) is 2. The van der Waals surface area contributed by atoms with Crippen LogP contribution >= 0.6 is 0 Å². The van der Waals surface area contributed by atoms with Gasteiger partial charge in [-0.1, -0.05) is 32.0 Å². The minimum Gasteiger partial charge on any atom is -0.481 e. The molecule has 3 nitrogen and oxygen atoms in total. The molecule has 3 aromatic rings. The van der Waals surface area contributed by atoms with Crippen LogP contribution in [0.3, 0.4) is 0 Å². The lowest BCUT2D eigenvalue weighted by atomic mass is 9.88. The molecule has 0 bridgehead atoms. The molecule has 3 rings (SSSR count). The van der Waals surface area contributed by atoms with Gasteiger partial charge in [-0.15, -0.1) is 0 Å². The quantitative estimate of drug-likeness (QED) is 0.355. The van der Waals surface area contributed by atoms with Gasteiger partial charge in [0.05, 0.1) is 17.2 Å². The smallest absolute Gasteiger partial charge is 0.416 e. The van der Waals surface area contributed by atoms with Gasteiger partial charge >= 0.3 is 12.1 Å². The van der Waals surface area contributed by atoms with Gasteiger partial charge in [0.1, 0.15) is 11.6 Å². The molecule has 0 aliphatic carbocycles. The highest BCUT2D eigenvalue weighted by Gasteiger charge is 2.30. The number of carboxylic acid groups (broad SMARTS) is 1. The zero-order valence-corrected chi connectivity index (χ0v) is 17.9. The predicted molar refractivity (Wildman–Crippen MR) is 116 cm³/mol. The van der Waals surface area contributed by atoms with Crippen molar-refractivity contribution in [1.29, 1.82) is 0 Å². The van der Waals surface area contributed by atoms with Crippen LogP contribution in [0.1, 0.15) is 37.3 Å². The van der Waals surface area contributed by atoms with E-state index in [9.17, 15) is 31.9 Å². The Hall–Kier alpha value is -3.42. The zero-order chi connectivity index (χ0) is 24.3. The van der Waals surface area contributed by atoms with Crippen molar-refractivity contribution in [2.75, 3.05) is 5.32 Å². The zero-order valence-electron chi connectivity index (χ0n) is 17.9. The first-order valence-corrected chi connectivity index (χ1v) is 10.2. The van der Waals surface area contributed by atoms with Crippen molar-refractivity contribution in [3.8, 4) is 11.1 Å². The second-order valence-electron chi connectivity index (χ2n) is 8.19. The number of carbonyl (C=O) groups is 1. The van der Waals surface area contributed by atoms with E-state index >= 15 is 0 Å². The predicted octanol–water partition coefficient (Wildman–Crippen LogP) is 7.61. The molecule has 0 aromatic heterocycles. The Morgan fingerprint density at radius 3 is 2.15 bits per heavy atom. The molecule has 0 radical (unpaired) electrons. The van der Waals surface area contributed by atoms with Crippen LogP contribution < -0.4 is 5.32 Å². The maximum absolute atomic E-state index is 14.2. The van der Waals surface area contributed by atoms with Crippen LogP contribution in [-0.2, 0) is 11.0 Å². The van der Waals surface area contributed by atoms with Gasteiger partial charge in [-0.3, -0.25) is 4.79 Å². The Kier molecular flexibility index (Phi) is 7.05. The summed E-state index contributed by atoms with van der Waals surface area (Å²) in [6.45, 7) is 3.76. The second kappa shape index (κ2) is 9.60. The Bertz CT molecular complexity index is 1140. The van der Waals surface area contributed by atoms with Crippen molar-refractivity contribution in [3.63, 3.8) is 0 Å². The minimum atomic E-state index is -4.49. The normalized spacial score (nSPS) is 12.6. The van der Waals surface area contributed by atoms with Gasteiger partial charge in [0.2, 0.25) is 0 Å². The van der Waals surface area contributed by atoms with Gasteiger partial charge in [0, 0.05) is 11.8 Å². The summed E-state index contributed by atoms with van der Waals surface area (Å²) in [5.74, 6) is -3.45. The maximum Gasteiger partial charge on any atom is 0.416 e. The largest absolute Gasteiger partial charge is 0.481 e. The van der Waals surface area contributed by atoms with Gasteiger partial charge in [-0.05, 0) is 65.4 Å². The number of rotatable bonds is 7. The highest BCUT2D eigenvalue weighted by atomic mass is 19.4. The topological polar surface area (TPSA) is 49.3 Å². The average Bonchev–Trinajstić information content (AvgIpc) is 2.73. The fourth-order valence-corrected chi connectivity index (χ4v) is 3.54. The molecule has 0 saturated heterocycles. The molecule has 2 N–H and O–H groups in total. The van der Waals surface area contributed by atoms with Crippen molar-refractivity contribution in [1.82, 2.24) is 0 Å². The number of hydrogen-bond acceptors (Lipinski definition) is 2. The summed E-state index contributed by atoms with van der Waals surface area (Å²) in [7, 11) is 0. The van der Waals surface area contributed by atoms with Crippen LogP contribution in [0, 0.1) is 17.6 Å². The molecule has 174 valence electrons. The van der Waals surface area contributed by atoms with Crippen molar-refractivity contribution < 1.29 is 31.9 Å². The molecule has 0 aliphatic heterocycles. The molecule has 0 amide bonds. The molecule has 8 heteroatoms. The van der Waals surface area contributed by atoms with Crippen LogP contribution in [0.25, 0.3) is 11.1 Å². The molecule has 0 heterocycles. The van der Waals surface area contributed by atoms with E-state index in [4.69, 9.17) is 0 Å². The Morgan fingerprint density at radius 1 is 0.939 bits per heavy atom. The number of alkyl halides is 3. The summed E-state index contributed by atoms with van der Waals surface area (Å²) in [5, 5.41) is 12.6. The van der Waals surface area contributed by atoms with E-state index in [1.165, 1.54) is 18.2 Å². The second-order valence-corrected chi connectivity index (χ2v) is 8.19. The average molecular weight is 463 g/mol. The fraction of sp³-hybridized carbons (Fsp3) is 0.240. The van der Waals surface area contributed by atoms with E-state index in [0.717, 1.165) is 18.2 Å². The Morgan fingerprint density at radius 2 is 1.61 bits per heavy atom. The molecule has 0 fully saturated rings. The van der Waals surface area contributed by atoms with E-state index in [2.05, 4.69) is 5.32 Å². The van der Waals surface area contributed by atoms with Crippen LogP contribution in [0.15, 0.2) is 60.7 Å². The molecular formula is C25H22F5NO2. The van der Waals surface area contributed by atoms with E-state index in [0.29, 0.717) is 34.9 Å². The van der Waals surface area contributed by atoms with E-state index in [1.54, 1.807) is 18.2 Å². The first-order valence-electron chi connectivity index (χ1n) is 10.2. The van der Waals surface area contributed by atoms with E-state index in [1.807, 2.05) is 13.8 Å². The van der Waals surface area contributed by atoms with Crippen molar-refractivity contribution in [2.24, 2.45) is 5.92 Å². The third kappa shape index (κ3) is 6.09. The number of halogens is 5. The van der Waals surface area contributed by atoms with E-state index in [-0.39, 0.29) is 11.6 Å². The lowest BCUT2D eigenvalue weighted by Gasteiger charge is -2.19. The molecule has 0 spiro atoms. The first kappa shape index (κ1) is 24.2. The van der Waals surface area contributed by atoms with Crippen LogP contribution in [-0.4, -0.2) is 11.1 Å². The van der Waals surface area contributed by atoms with Crippen molar-refractivity contribution >= 4 is 17.3 Å². The molecule has 1 atom stereocenters. The third-order valence-corrected chi connectivity index (χ3v) is 5.12. The lowest BCUT2D eigenvalue weighted by molar-refractivity contribution is -0.139. The number of nitrogens with one attached hydrogen (secondary N) is 1. The third-order valence-electron chi connectivity index (χ3n) is 5.12. The highest BCUT2D eigenvalue weighted by Crippen LogP contribution is 2.35. The van der Waals surface area contributed by atoms with E-state index < -0.39 is 35.3 Å². The standard InChI is InChI=1S/C25H22F5NO2/c1-14(2)9-21(24(32)33)17-10-16(15-3-5-18(6-4-15)25(28,29)30)11-20(12-17)31-23-8-7-19(26)13-22(23)27/h3-8,10-14,21,31H,9H2,1-2H3,(H,32,33). The fourth-order valence-electron chi connectivity index (χ4n) is 3.54. The Balaban J connectivity index is 2.09. The Labute approximate surface area is 187 Å². The molecule has 1 unspecified atom stereocenters. The summed E-state index contributed by atoms with van der Waals surface area (Å²) < 4.78 is 66.2. The first-order chi connectivity index (χ1) is 15.4. The van der Waals surface area contributed by atoms with Crippen LogP contribution in [0.4, 0.5) is 33.3 Å². The number of aliphatic carboxylic acids is 1. The van der Waals surface area contributed by atoms with Crippen molar-refractivity contribution in [2.45, 2.75) is 32.4 Å². The molecule has 0 saturated carbocycles. The van der Waals surface area contributed by atoms with Gasteiger partial charge in [-0.2, -0.15) is 13.2 Å². The highest BCUT2D eigenvalue weighted by molar-refractivity contribution is 5.80. The maximum atomic E-state index is 14.2. The van der Waals surface area contributed by atoms with Gasteiger partial charge < -0.3 is 10.4 Å². The molecular weight excluding hydrogens is 441 g/mol. The summed E-state index contributed by atoms with van der Waals surface area (Å²) >= 11 is 0. The monoisotopic (exact) mass is 463 g/mol. The number of anilines is 2. The van der Waals surface area contributed by atoms with Crippen molar-refractivity contribution in [3.05, 3.63) is 83.4 Å². The summed E-state index contributed by atoms with van der Waals surface area (Å²) in [4.78, 5) is 12.0. The van der Waals surface area contributed by atoms with Gasteiger partial charge in [0.25, 0.3) is 0 Å². The van der Waals surface area contributed by atoms with Gasteiger partial charge in [-0.25, -0.2) is 8.78 Å². The molecule has 3 aromatic carbocycles. The summed E-state index contributed by atoms with van der Waals surface area (Å²) in [6, 6.07) is 12.2.